The molecule has 20 heavy (non-hydrogen) atoms. The third-order valence-corrected chi connectivity index (χ3v) is 3.58. The summed E-state index contributed by atoms with van der Waals surface area (Å²) in [5.41, 5.74) is 6.26. The van der Waals surface area contributed by atoms with Crippen molar-refractivity contribution < 1.29 is 9.18 Å². The summed E-state index contributed by atoms with van der Waals surface area (Å²) in [6.07, 6.45) is 2.54. The molecule has 0 saturated carbocycles. The van der Waals surface area contributed by atoms with E-state index in [0.29, 0.717) is 18.7 Å². The zero-order valence-electron chi connectivity index (χ0n) is 11.2. The number of carbonyl (C=O) groups excluding carboxylic acids is 1. The number of nitrogens with two attached hydrogens (primary N) is 1. The standard InChI is InChI=1S/C14H18FN3OS/c15-10-4-3-5-11(13(10)14(16)20)17-7-6-12(19)18-8-1-2-9-18/h3-5,17H,1-2,6-9H2,(H2,16,20). The smallest absolute Gasteiger partial charge is 0.224 e. The van der Waals surface area contributed by atoms with Gasteiger partial charge in [-0.2, -0.15) is 0 Å². The summed E-state index contributed by atoms with van der Waals surface area (Å²) in [4.78, 5) is 13.8. The first kappa shape index (κ1) is 14.7. The molecule has 4 nitrogen and oxygen atoms in total. The van der Waals surface area contributed by atoms with Gasteiger partial charge in [-0.1, -0.05) is 18.3 Å². The van der Waals surface area contributed by atoms with E-state index in [1.54, 1.807) is 12.1 Å². The van der Waals surface area contributed by atoms with Crippen LogP contribution in [-0.2, 0) is 4.79 Å². The number of benzene rings is 1. The molecule has 0 aromatic heterocycles. The van der Waals surface area contributed by atoms with Crippen LogP contribution in [0.15, 0.2) is 18.2 Å². The number of rotatable bonds is 5. The number of nitrogens with one attached hydrogen (secondary N) is 1. The highest BCUT2D eigenvalue weighted by molar-refractivity contribution is 7.80. The Morgan fingerprint density at radius 2 is 2.10 bits per heavy atom. The topological polar surface area (TPSA) is 58.4 Å². The first-order valence-corrected chi connectivity index (χ1v) is 7.10. The van der Waals surface area contributed by atoms with Crippen molar-refractivity contribution in [3.63, 3.8) is 0 Å². The van der Waals surface area contributed by atoms with Gasteiger partial charge in [0.05, 0.1) is 5.56 Å². The Morgan fingerprint density at radius 3 is 2.75 bits per heavy atom. The Balaban J connectivity index is 1.92. The molecule has 1 saturated heterocycles. The third kappa shape index (κ3) is 3.45. The average Bonchev–Trinajstić information content (AvgIpc) is 2.92. The van der Waals surface area contributed by atoms with Crippen molar-refractivity contribution in [3.8, 4) is 0 Å². The molecule has 1 aliphatic heterocycles. The Bertz CT molecular complexity index is 515. The van der Waals surface area contributed by atoms with Gasteiger partial charge < -0.3 is 16.0 Å². The van der Waals surface area contributed by atoms with Crippen LogP contribution in [0.1, 0.15) is 24.8 Å². The van der Waals surface area contributed by atoms with E-state index in [4.69, 9.17) is 18.0 Å². The lowest BCUT2D eigenvalue weighted by Crippen LogP contribution is -2.29. The number of nitrogens with zero attached hydrogens (tertiary/aromatic N) is 1. The predicted molar refractivity (Wildman–Crippen MR) is 81.2 cm³/mol. The van der Waals surface area contributed by atoms with Gasteiger partial charge in [0, 0.05) is 31.7 Å². The fourth-order valence-electron chi connectivity index (χ4n) is 2.35. The second-order valence-electron chi connectivity index (χ2n) is 4.79. The van der Waals surface area contributed by atoms with Crippen LogP contribution < -0.4 is 11.1 Å². The number of thiocarbonyl (C=S) groups is 1. The van der Waals surface area contributed by atoms with E-state index in [2.05, 4.69) is 5.32 Å². The number of amides is 1. The van der Waals surface area contributed by atoms with Gasteiger partial charge in [-0.3, -0.25) is 4.79 Å². The minimum absolute atomic E-state index is 0.0106. The summed E-state index contributed by atoms with van der Waals surface area (Å²) in [5, 5.41) is 3.03. The van der Waals surface area contributed by atoms with Crippen LogP contribution in [0.4, 0.5) is 10.1 Å². The summed E-state index contributed by atoms with van der Waals surface area (Å²) in [6.45, 7) is 2.13. The third-order valence-electron chi connectivity index (χ3n) is 3.37. The first-order valence-electron chi connectivity index (χ1n) is 6.69. The molecule has 0 radical (unpaired) electrons. The normalized spacial score (nSPS) is 14.3. The second kappa shape index (κ2) is 6.65. The number of hydrogen-bond acceptors (Lipinski definition) is 3. The van der Waals surface area contributed by atoms with E-state index in [-0.39, 0.29) is 16.5 Å². The van der Waals surface area contributed by atoms with E-state index >= 15 is 0 Å². The molecular formula is C14H18FN3OS. The molecule has 2 rings (SSSR count). The molecule has 1 heterocycles. The molecule has 0 bridgehead atoms. The Morgan fingerprint density at radius 1 is 1.40 bits per heavy atom. The molecule has 3 N–H and O–H groups in total. The van der Waals surface area contributed by atoms with E-state index in [0.717, 1.165) is 25.9 Å². The lowest BCUT2D eigenvalue weighted by atomic mass is 10.1. The minimum Gasteiger partial charge on any atom is -0.389 e. The first-order chi connectivity index (χ1) is 9.59. The Hall–Kier alpha value is -1.69. The molecule has 1 aromatic rings. The molecule has 0 spiro atoms. The van der Waals surface area contributed by atoms with Crippen LogP contribution in [0.25, 0.3) is 0 Å². The highest BCUT2D eigenvalue weighted by Gasteiger charge is 2.17. The van der Waals surface area contributed by atoms with Crippen LogP contribution in [0, 0.1) is 5.82 Å². The number of halogens is 1. The average molecular weight is 295 g/mol. The van der Waals surface area contributed by atoms with Crippen LogP contribution in [0.5, 0.6) is 0 Å². The Kier molecular flexibility index (Phi) is 4.89. The lowest BCUT2D eigenvalue weighted by molar-refractivity contribution is -0.129. The predicted octanol–water partition coefficient (Wildman–Crippen LogP) is 1.88. The van der Waals surface area contributed by atoms with Crippen molar-refractivity contribution in [2.24, 2.45) is 5.73 Å². The van der Waals surface area contributed by atoms with Crippen molar-refractivity contribution in [3.05, 3.63) is 29.6 Å². The van der Waals surface area contributed by atoms with Crippen LogP contribution >= 0.6 is 12.2 Å². The van der Waals surface area contributed by atoms with Crippen molar-refractivity contribution in [2.75, 3.05) is 25.0 Å². The second-order valence-corrected chi connectivity index (χ2v) is 5.23. The van der Waals surface area contributed by atoms with Crippen LogP contribution in [0.3, 0.4) is 0 Å². The summed E-state index contributed by atoms with van der Waals surface area (Å²) >= 11 is 4.85. The molecule has 1 aromatic carbocycles. The highest BCUT2D eigenvalue weighted by atomic mass is 32.1. The molecule has 6 heteroatoms. The molecule has 1 aliphatic rings. The minimum atomic E-state index is -0.451. The highest BCUT2D eigenvalue weighted by Crippen LogP contribution is 2.19. The number of anilines is 1. The quantitative estimate of drug-likeness (QED) is 0.814. The molecule has 0 aliphatic carbocycles. The van der Waals surface area contributed by atoms with Crippen molar-refractivity contribution in [1.82, 2.24) is 4.90 Å². The zero-order valence-corrected chi connectivity index (χ0v) is 12.0. The van der Waals surface area contributed by atoms with Crippen molar-refractivity contribution in [2.45, 2.75) is 19.3 Å². The van der Waals surface area contributed by atoms with Gasteiger partial charge in [-0.15, -0.1) is 0 Å². The zero-order chi connectivity index (χ0) is 14.5. The fraction of sp³-hybridized carbons (Fsp3) is 0.429. The maximum Gasteiger partial charge on any atom is 0.224 e. The van der Waals surface area contributed by atoms with Gasteiger partial charge in [-0.25, -0.2) is 4.39 Å². The van der Waals surface area contributed by atoms with E-state index in [9.17, 15) is 9.18 Å². The lowest BCUT2D eigenvalue weighted by Gasteiger charge is -2.16. The maximum atomic E-state index is 13.6. The largest absolute Gasteiger partial charge is 0.389 e. The van der Waals surface area contributed by atoms with Gasteiger partial charge in [-0.05, 0) is 25.0 Å². The number of hydrogen-bond donors (Lipinski definition) is 2. The van der Waals surface area contributed by atoms with Gasteiger partial charge in [0.2, 0.25) is 5.91 Å². The summed E-state index contributed by atoms with van der Waals surface area (Å²) in [6, 6.07) is 4.61. The SMILES string of the molecule is NC(=S)c1c(F)cccc1NCCC(=O)N1CCCC1. The molecule has 108 valence electrons. The van der Waals surface area contributed by atoms with Gasteiger partial charge >= 0.3 is 0 Å². The molecular weight excluding hydrogens is 277 g/mol. The van der Waals surface area contributed by atoms with Gasteiger partial charge in [0.25, 0.3) is 0 Å². The van der Waals surface area contributed by atoms with Crippen molar-refractivity contribution in [1.29, 1.82) is 0 Å². The molecule has 1 fully saturated rings. The molecule has 0 unspecified atom stereocenters. The van der Waals surface area contributed by atoms with E-state index in [1.807, 2.05) is 4.90 Å². The molecule has 0 atom stereocenters. The summed E-state index contributed by atoms with van der Waals surface area (Å²) in [7, 11) is 0. The number of likely N-dealkylation sites (tertiary alicyclic amines) is 1. The van der Waals surface area contributed by atoms with Crippen LogP contribution in [-0.4, -0.2) is 35.4 Å². The van der Waals surface area contributed by atoms with Gasteiger partial charge in [0.15, 0.2) is 0 Å². The summed E-state index contributed by atoms with van der Waals surface area (Å²) in [5.74, 6) is -0.323. The summed E-state index contributed by atoms with van der Waals surface area (Å²) < 4.78 is 13.6. The Labute approximate surface area is 123 Å². The van der Waals surface area contributed by atoms with E-state index in [1.165, 1.54) is 6.07 Å². The van der Waals surface area contributed by atoms with E-state index < -0.39 is 5.82 Å². The van der Waals surface area contributed by atoms with Gasteiger partial charge in [0.1, 0.15) is 10.8 Å². The fourth-order valence-corrected chi connectivity index (χ4v) is 2.56. The maximum absolute atomic E-state index is 13.6. The van der Waals surface area contributed by atoms with Crippen LogP contribution in [0.2, 0.25) is 0 Å². The monoisotopic (exact) mass is 295 g/mol. The molecule has 1 amide bonds. The number of carbonyl (C=O) groups is 1. The van der Waals surface area contributed by atoms with Crippen molar-refractivity contribution >= 4 is 28.8 Å².